The van der Waals surface area contributed by atoms with Gasteiger partial charge in [-0.25, -0.2) is 4.79 Å². The van der Waals surface area contributed by atoms with Gasteiger partial charge in [-0.1, -0.05) is 23.7 Å². The SMILES string of the molecule is CCOC(=O)[C@@H](C)Oc1ccc2c(=O)c(-c3ccc(Cl)cc3)c(C)oc2c1. The van der Waals surface area contributed by atoms with Crippen molar-refractivity contribution in [1.82, 2.24) is 0 Å². The normalized spacial score (nSPS) is 12.0. The van der Waals surface area contributed by atoms with Crippen molar-refractivity contribution in [3.05, 3.63) is 63.5 Å². The lowest BCUT2D eigenvalue weighted by molar-refractivity contribution is -0.150. The maximum atomic E-state index is 13.0. The van der Waals surface area contributed by atoms with Crippen molar-refractivity contribution >= 4 is 28.5 Å². The lowest BCUT2D eigenvalue weighted by Crippen LogP contribution is -2.26. The number of carbonyl (C=O) groups excluding carboxylic acids is 1. The quantitative estimate of drug-likeness (QED) is 0.592. The standard InChI is InChI=1S/C21H19ClO5/c1-4-25-21(24)13(3)26-16-9-10-17-18(11-16)27-12(2)19(20(17)23)14-5-7-15(22)8-6-14/h5-11,13H,4H2,1-3H3/t13-/m1/s1. The minimum atomic E-state index is -0.761. The van der Waals surface area contributed by atoms with Crippen LogP contribution >= 0.6 is 11.6 Å². The molecule has 1 heterocycles. The van der Waals surface area contributed by atoms with Gasteiger partial charge in [-0.3, -0.25) is 4.79 Å². The van der Waals surface area contributed by atoms with E-state index in [-0.39, 0.29) is 12.0 Å². The molecule has 0 fully saturated rings. The van der Waals surface area contributed by atoms with E-state index in [0.717, 1.165) is 5.56 Å². The fourth-order valence-corrected chi connectivity index (χ4v) is 2.95. The van der Waals surface area contributed by atoms with Crippen molar-refractivity contribution in [3.8, 4) is 16.9 Å². The number of hydrogen-bond donors (Lipinski definition) is 0. The zero-order chi connectivity index (χ0) is 19.6. The van der Waals surface area contributed by atoms with Gasteiger partial charge in [-0.15, -0.1) is 0 Å². The Morgan fingerprint density at radius 3 is 2.56 bits per heavy atom. The number of fused-ring (bicyclic) bond motifs is 1. The number of ether oxygens (including phenoxy) is 2. The average Bonchev–Trinajstić information content (AvgIpc) is 2.63. The Labute approximate surface area is 161 Å². The Balaban J connectivity index is 2.00. The summed E-state index contributed by atoms with van der Waals surface area (Å²) < 4.78 is 16.4. The molecule has 0 spiro atoms. The maximum Gasteiger partial charge on any atom is 0.347 e. The van der Waals surface area contributed by atoms with Crippen LogP contribution in [0.25, 0.3) is 22.1 Å². The van der Waals surface area contributed by atoms with Crippen molar-refractivity contribution in [2.75, 3.05) is 6.61 Å². The molecule has 0 amide bonds. The number of halogens is 1. The lowest BCUT2D eigenvalue weighted by atomic mass is 10.0. The molecule has 0 saturated carbocycles. The summed E-state index contributed by atoms with van der Waals surface area (Å²) in [7, 11) is 0. The van der Waals surface area contributed by atoms with E-state index < -0.39 is 12.1 Å². The first kappa shape index (κ1) is 19.0. The summed E-state index contributed by atoms with van der Waals surface area (Å²) in [6.07, 6.45) is -0.761. The monoisotopic (exact) mass is 386 g/mol. The number of aryl methyl sites for hydroxylation is 1. The van der Waals surface area contributed by atoms with Crippen molar-refractivity contribution in [3.63, 3.8) is 0 Å². The van der Waals surface area contributed by atoms with E-state index in [9.17, 15) is 9.59 Å². The Hall–Kier alpha value is -2.79. The third kappa shape index (κ3) is 3.98. The summed E-state index contributed by atoms with van der Waals surface area (Å²) in [5, 5.41) is 1.03. The van der Waals surface area contributed by atoms with Gasteiger partial charge in [-0.05, 0) is 50.6 Å². The first-order valence-corrected chi connectivity index (χ1v) is 8.95. The summed E-state index contributed by atoms with van der Waals surface area (Å²) in [5.74, 6) is 0.462. The summed E-state index contributed by atoms with van der Waals surface area (Å²) in [6.45, 7) is 5.36. The van der Waals surface area contributed by atoms with Gasteiger partial charge in [0.1, 0.15) is 17.1 Å². The molecular formula is C21H19ClO5. The van der Waals surface area contributed by atoms with Crippen molar-refractivity contribution in [2.45, 2.75) is 26.9 Å². The Kier molecular flexibility index (Phi) is 5.51. The molecule has 140 valence electrons. The molecule has 6 heteroatoms. The van der Waals surface area contributed by atoms with E-state index >= 15 is 0 Å². The molecule has 0 N–H and O–H groups in total. The van der Waals surface area contributed by atoms with Crippen LogP contribution in [0.3, 0.4) is 0 Å². The molecule has 0 radical (unpaired) electrons. The Morgan fingerprint density at radius 2 is 1.89 bits per heavy atom. The van der Waals surface area contributed by atoms with Crippen LogP contribution in [0.2, 0.25) is 5.02 Å². The molecule has 0 unspecified atom stereocenters. The summed E-state index contributed by atoms with van der Waals surface area (Å²) in [4.78, 5) is 24.7. The smallest absolute Gasteiger partial charge is 0.347 e. The topological polar surface area (TPSA) is 65.7 Å². The molecule has 0 bridgehead atoms. The number of esters is 1. The second-order valence-electron chi connectivity index (χ2n) is 6.04. The van der Waals surface area contributed by atoms with Gasteiger partial charge in [0.15, 0.2) is 6.10 Å². The summed E-state index contributed by atoms with van der Waals surface area (Å²) in [5.41, 5.74) is 1.49. The van der Waals surface area contributed by atoms with E-state index in [0.29, 0.717) is 33.1 Å². The number of rotatable bonds is 5. The zero-order valence-electron chi connectivity index (χ0n) is 15.2. The van der Waals surface area contributed by atoms with Crippen molar-refractivity contribution in [1.29, 1.82) is 0 Å². The fraction of sp³-hybridized carbons (Fsp3) is 0.238. The highest BCUT2D eigenvalue weighted by Gasteiger charge is 2.18. The number of carbonyl (C=O) groups is 1. The molecule has 3 aromatic rings. The van der Waals surface area contributed by atoms with Crippen LogP contribution in [-0.2, 0) is 9.53 Å². The predicted molar refractivity (Wildman–Crippen MR) is 104 cm³/mol. The van der Waals surface area contributed by atoms with Gasteiger partial charge >= 0.3 is 5.97 Å². The first-order valence-electron chi connectivity index (χ1n) is 8.57. The molecule has 0 aliphatic carbocycles. The highest BCUT2D eigenvalue weighted by atomic mass is 35.5. The van der Waals surface area contributed by atoms with Crippen LogP contribution < -0.4 is 10.2 Å². The van der Waals surface area contributed by atoms with Crippen LogP contribution in [0.4, 0.5) is 0 Å². The van der Waals surface area contributed by atoms with Crippen LogP contribution in [0, 0.1) is 6.92 Å². The number of hydrogen-bond acceptors (Lipinski definition) is 5. The molecule has 1 atom stereocenters. The average molecular weight is 387 g/mol. The molecule has 0 aliphatic heterocycles. The third-order valence-electron chi connectivity index (χ3n) is 4.10. The van der Waals surface area contributed by atoms with Crippen LogP contribution in [0.5, 0.6) is 5.75 Å². The molecule has 27 heavy (non-hydrogen) atoms. The van der Waals surface area contributed by atoms with Crippen molar-refractivity contribution < 1.29 is 18.7 Å². The molecule has 1 aromatic heterocycles. The van der Waals surface area contributed by atoms with E-state index in [1.165, 1.54) is 0 Å². The summed E-state index contributed by atoms with van der Waals surface area (Å²) >= 11 is 5.93. The second kappa shape index (κ2) is 7.84. The highest BCUT2D eigenvalue weighted by Crippen LogP contribution is 2.27. The maximum absolute atomic E-state index is 13.0. The second-order valence-corrected chi connectivity index (χ2v) is 6.48. The molecule has 0 aliphatic rings. The molecule has 2 aromatic carbocycles. The molecule has 5 nitrogen and oxygen atoms in total. The van der Waals surface area contributed by atoms with E-state index in [1.54, 1.807) is 63.2 Å². The first-order chi connectivity index (χ1) is 12.9. The molecule has 0 saturated heterocycles. The largest absolute Gasteiger partial charge is 0.479 e. The van der Waals surface area contributed by atoms with Crippen LogP contribution in [-0.4, -0.2) is 18.7 Å². The molecular weight excluding hydrogens is 368 g/mol. The fourth-order valence-electron chi connectivity index (χ4n) is 2.82. The lowest BCUT2D eigenvalue weighted by Gasteiger charge is -2.14. The van der Waals surface area contributed by atoms with Gasteiger partial charge in [0.05, 0.1) is 17.6 Å². The Morgan fingerprint density at radius 1 is 1.19 bits per heavy atom. The van der Waals surface area contributed by atoms with E-state index in [2.05, 4.69) is 0 Å². The zero-order valence-corrected chi connectivity index (χ0v) is 16.0. The van der Waals surface area contributed by atoms with Crippen LogP contribution in [0.1, 0.15) is 19.6 Å². The molecule has 3 rings (SSSR count). The highest BCUT2D eigenvalue weighted by molar-refractivity contribution is 6.30. The van der Waals surface area contributed by atoms with Gasteiger partial charge < -0.3 is 13.9 Å². The minimum Gasteiger partial charge on any atom is -0.479 e. The van der Waals surface area contributed by atoms with Gasteiger partial charge in [0, 0.05) is 11.1 Å². The van der Waals surface area contributed by atoms with Gasteiger partial charge in [0.25, 0.3) is 0 Å². The van der Waals surface area contributed by atoms with Crippen LogP contribution in [0.15, 0.2) is 51.7 Å². The number of benzene rings is 2. The Bertz CT molecular complexity index is 1040. The van der Waals surface area contributed by atoms with Crippen molar-refractivity contribution in [2.24, 2.45) is 0 Å². The third-order valence-corrected chi connectivity index (χ3v) is 4.36. The summed E-state index contributed by atoms with van der Waals surface area (Å²) in [6, 6.07) is 11.9. The van der Waals surface area contributed by atoms with E-state index in [4.69, 9.17) is 25.5 Å². The van der Waals surface area contributed by atoms with Gasteiger partial charge in [-0.2, -0.15) is 0 Å². The van der Waals surface area contributed by atoms with E-state index in [1.807, 2.05) is 0 Å². The minimum absolute atomic E-state index is 0.138. The predicted octanol–water partition coefficient (Wildman–Crippen LogP) is 4.75. The van der Waals surface area contributed by atoms with Gasteiger partial charge in [0.2, 0.25) is 5.43 Å².